The van der Waals surface area contributed by atoms with Gasteiger partial charge in [0.2, 0.25) is 0 Å². The van der Waals surface area contributed by atoms with Crippen molar-refractivity contribution in [2.24, 2.45) is 0 Å². The van der Waals surface area contributed by atoms with Gasteiger partial charge in [0.25, 0.3) is 0 Å². The number of aryl methyl sites for hydroxylation is 1. The van der Waals surface area contributed by atoms with E-state index >= 15 is 0 Å². The quantitative estimate of drug-likeness (QED) is 0.796. The van der Waals surface area contributed by atoms with Gasteiger partial charge in [0.15, 0.2) is 0 Å². The first-order valence-corrected chi connectivity index (χ1v) is 5.21. The van der Waals surface area contributed by atoms with Crippen molar-refractivity contribution in [3.8, 4) is 11.3 Å². The lowest BCUT2D eigenvalue weighted by Gasteiger charge is -2.03. The van der Waals surface area contributed by atoms with Gasteiger partial charge in [0, 0.05) is 12.1 Å². The summed E-state index contributed by atoms with van der Waals surface area (Å²) in [5, 5.41) is 0. The summed E-state index contributed by atoms with van der Waals surface area (Å²) in [6.45, 7) is 6.43. The zero-order valence-electron chi connectivity index (χ0n) is 9.35. The van der Waals surface area contributed by atoms with Crippen LogP contribution in [0.1, 0.15) is 5.56 Å². The predicted molar refractivity (Wildman–Crippen MR) is 67.0 cm³/mol. The molecule has 3 nitrogen and oxygen atoms in total. The molecule has 0 aliphatic carbocycles. The van der Waals surface area contributed by atoms with Crippen molar-refractivity contribution in [2.45, 2.75) is 13.5 Å². The van der Waals surface area contributed by atoms with Crippen LogP contribution in [0.15, 0.2) is 43.2 Å². The van der Waals surface area contributed by atoms with Crippen molar-refractivity contribution in [3.63, 3.8) is 0 Å². The van der Waals surface area contributed by atoms with Crippen LogP contribution in [0.5, 0.6) is 0 Å². The molecule has 0 aliphatic rings. The number of nitrogens with two attached hydrogens (primary N) is 1. The molecule has 82 valence electrons. The average molecular weight is 213 g/mol. The number of anilines is 1. The monoisotopic (exact) mass is 213 g/mol. The zero-order chi connectivity index (χ0) is 11.5. The lowest BCUT2D eigenvalue weighted by molar-refractivity contribution is 0.833. The van der Waals surface area contributed by atoms with Gasteiger partial charge in [-0.05, 0) is 13.0 Å². The molecule has 3 heteroatoms. The van der Waals surface area contributed by atoms with E-state index in [0.29, 0.717) is 12.4 Å². The number of allylic oxidation sites excluding steroid dienone is 1. The van der Waals surface area contributed by atoms with E-state index in [4.69, 9.17) is 5.73 Å². The third-order valence-corrected chi connectivity index (χ3v) is 2.50. The van der Waals surface area contributed by atoms with E-state index in [2.05, 4.69) is 30.6 Å². The SMILES string of the molecule is C=CCn1cnc(-c2cccc(C)c2)c1N. The Labute approximate surface area is 95.2 Å². The first kappa shape index (κ1) is 10.5. The Morgan fingerprint density at radius 3 is 3.00 bits per heavy atom. The Kier molecular flexibility index (Phi) is 2.77. The van der Waals surface area contributed by atoms with Crippen molar-refractivity contribution >= 4 is 5.82 Å². The van der Waals surface area contributed by atoms with E-state index < -0.39 is 0 Å². The fourth-order valence-electron chi connectivity index (χ4n) is 1.69. The molecule has 0 spiro atoms. The predicted octanol–water partition coefficient (Wildman–Crippen LogP) is 2.63. The Hall–Kier alpha value is -2.03. The highest BCUT2D eigenvalue weighted by atomic mass is 15.1. The molecule has 0 amide bonds. The van der Waals surface area contributed by atoms with Gasteiger partial charge >= 0.3 is 0 Å². The van der Waals surface area contributed by atoms with Crippen molar-refractivity contribution in [3.05, 3.63) is 48.8 Å². The van der Waals surface area contributed by atoms with Crippen LogP contribution in [-0.2, 0) is 6.54 Å². The number of rotatable bonds is 3. The molecule has 1 aromatic heterocycles. The molecule has 2 N–H and O–H groups in total. The van der Waals surface area contributed by atoms with Gasteiger partial charge in [-0.2, -0.15) is 0 Å². The van der Waals surface area contributed by atoms with Gasteiger partial charge in [0.05, 0.1) is 6.33 Å². The largest absolute Gasteiger partial charge is 0.383 e. The van der Waals surface area contributed by atoms with Gasteiger partial charge in [-0.25, -0.2) is 4.98 Å². The average Bonchev–Trinajstić information content (AvgIpc) is 2.61. The minimum absolute atomic E-state index is 0.685. The second-order valence-corrected chi connectivity index (χ2v) is 3.79. The van der Waals surface area contributed by atoms with E-state index in [1.54, 1.807) is 12.4 Å². The third kappa shape index (κ3) is 1.84. The van der Waals surface area contributed by atoms with E-state index in [1.165, 1.54) is 5.56 Å². The summed E-state index contributed by atoms with van der Waals surface area (Å²) in [6.07, 6.45) is 3.55. The minimum Gasteiger partial charge on any atom is -0.383 e. The number of nitrogens with zero attached hydrogens (tertiary/aromatic N) is 2. The standard InChI is InChI=1S/C13H15N3/c1-3-7-16-9-15-12(13(16)14)11-6-4-5-10(2)8-11/h3-6,8-9H,1,7,14H2,2H3. The molecule has 0 atom stereocenters. The Balaban J connectivity index is 2.44. The summed E-state index contributed by atoms with van der Waals surface area (Å²) in [6, 6.07) is 8.16. The van der Waals surface area contributed by atoms with E-state index in [0.717, 1.165) is 11.3 Å². The summed E-state index contributed by atoms with van der Waals surface area (Å²) in [7, 11) is 0. The molecule has 2 aromatic rings. The highest BCUT2D eigenvalue weighted by molar-refractivity contribution is 5.70. The number of nitrogen functional groups attached to an aromatic ring is 1. The maximum atomic E-state index is 6.02. The van der Waals surface area contributed by atoms with Crippen LogP contribution in [0.2, 0.25) is 0 Å². The molecule has 0 bridgehead atoms. The van der Waals surface area contributed by atoms with Crippen LogP contribution < -0.4 is 5.73 Å². The Morgan fingerprint density at radius 2 is 2.31 bits per heavy atom. The number of imidazole rings is 1. The van der Waals surface area contributed by atoms with Crippen molar-refractivity contribution in [2.75, 3.05) is 5.73 Å². The van der Waals surface area contributed by atoms with Crippen LogP contribution in [0.4, 0.5) is 5.82 Å². The minimum atomic E-state index is 0.685. The van der Waals surface area contributed by atoms with E-state index in [9.17, 15) is 0 Å². The molecule has 0 saturated heterocycles. The molecular weight excluding hydrogens is 198 g/mol. The van der Waals surface area contributed by atoms with Crippen molar-refractivity contribution in [1.82, 2.24) is 9.55 Å². The van der Waals surface area contributed by atoms with Gasteiger partial charge in [-0.15, -0.1) is 6.58 Å². The molecule has 0 unspecified atom stereocenters. The molecule has 1 heterocycles. The smallest absolute Gasteiger partial charge is 0.131 e. The lowest BCUT2D eigenvalue weighted by Crippen LogP contribution is -2.00. The maximum Gasteiger partial charge on any atom is 0.131 e. The van der Waals surface area contributed by atoms with Crippen LogP contribution in [0, 0.1) is 6.92 Å². The molecule has 16 heavy (non-hydrogen) atoms. The maximum absolute atomic E-state index is 6.02. The molecular formula is C13H15N3. The van der Waals surface area contributed by atoms with Crippen molar-refractivity contribution in [1.29, 1.82) is 0 Å². The normalized spacial score (nSPS) is 10.3. The second kappa shape index (κ2) is 4.23. The van der Waals surface area contributed by atoms with Crippen LogP contribution in [0.25, 0.3) is 11.3 Å². The van der Waals surface area contributed by atoms with Crippen LogP contribution in [0.3, 0.4) is 0 Å². The van der Waals surface area contributed by atoms with Gasteiger partial charge in [-0.1, -0.05) is 29.8 Å². The molecule has 0 radical (unpaired) electrons. The molecule has 0 fully saturated rings. The summed E-state index contributed by atoms with van der Waals surface area (Å²) in [4.78, 5) is 4.34. The number of hydrogen-bond acceptors (Lipinski definition) is 2. The van der Waals surface area contributed by atoms with Crippen LogP contribution in [-0.4, -0.2) is 9.55 Å². The van der Waals surface area contributed by atoms with Crippen LogP contribution >= 0.6 is 0 Å². The first-order chi connectivity index (χ1) is 7.72. The Bertz CT molecular complexity index is 512. The number of hydrogen-bond donors (Lipinski definition) is 1. The highest BCUT2D eigenvalue weighted by Gasteiger charge is 2.08. The fourth-order valence-corrected chi connectivity index (χ4v) is 1.69. The summed E-state index contributed by atoms with van der Waals surface area (Å²) < 4.78 is 1.88. The first-order valence-electron chi connectivity index (χ1n) is 5.21. The molecule has 0 saturated carbocycles. The Morgan fingerprint density at radius 1 is 1.50 bits per heavy atom. The number of aromatic nitrogens is 2. The van der Waals surface area contributed by atoms with Gasteiger partial charge in [-0.3, -0.25) is 0 Å². The molecule has 2 rings (SSSR count). The van der Waals surface area contributed by atoms with Gasteiger partial charge < -0.3 is 10.3 Å². The zero-order valence-corrected chi connectivity index (χ0v) is 9.35. The van der Waals surface area contributed by atoms with E-state index in [-0.39, 0.29) is 0 Å². The van der Waals surface area contributed by atoms with E-state index in [1.807, 2.05) is 16.7 Å². The fraction of sp³-hybridized carbons (Fsp3) is 0.154. The molecule has 0 aliphatic heterocycles. The summed E-state index contributed by atoms with van der Waals surface area (Å²) in [5.41, 5.74) is 9.12. The topological polar surface area (TPSA) is 43.8 Å². The summed E-state index contributed by atoms with van der Waals surface area (Å²) >= 11 is 0. The lowest BCUT2D eigenvalue weighted by atomic mass is 10.1. The van der Waals surface area contributed by atoms with Crippen molar-refractivity contribution < 1.29 is 0 Å². The summed E-state index contributed by atoms with van der Waals surface area (Å²) in [5.74, 6) is 0.686. The number of benzene rings is 1. The second-order valence-electron chi connectivity index (χ2n) is 3.79. The molecule has 1 aromatic carbocycles. The highest BCUT2D eigenvalue weighted by Crippen LogP contribution is 2.24. The van der Waals surface area contributed by atoms with Gasteiger partial charge in [0.1, 0.15) is 11.5 Å². The third-order valence-electron chi connectivity index (χ3n) is 2.50.